The first kappa shape index (κ1) is 8.25. The van der Waals surface area contributed by atoms with Crippen molar-refractivity contribution in [2.75, 3.05) is 0 Å². The second-order valence-electron chi connectivity index (χ2n) is 2.73. The lowest BCUT2D eigenvalue weighted by molar-refractivity contribution is 0.757. The first-order valence-electron chi connectivity index (χ1n) is 3.82. The van der Waals surface area contributed by atoms with Gasteiger partial charge in [0.25, 0.3) is 0 Å². The molecule has 13 heavy (non-hydrogen) atoms. The molecule has 0 aliphatic carbocycles. The number of benzene rings is 1. The monoisotopic (exact) mass is 192 g/mol. The maximum absolute atomic E-state index is 4.12. The minimum absolute atomic E-state index is 0.491. The van der Waals surface area contributed by atoms with E-state index < -0.39 is 0 Å². The van der Waals surface area contributed by atoms with Gasteiger partial charge in [0.1, 0.15) is 0 Å². The number of tetrazole rings is 1. The second kappa shape index (κ2) is 3.18. The van der Waals surface area contributed by atoms with E-state index in [1.54, 1.807) is 4.68 Å². The van der Waals surface area contributed by atoms with Crippen molar-refractivity contribution in [1.29, 1.82) is 0 Å². The summed E-state index contributed by atoms with van der Waals surface area (Å²) in [6.07, 6.45) is 0. The van der Waals surface area contributed by atoms with Gasteiger partial charge in [0.15, 0.2) is 0 Å². The zero-order valence-electron chi connectivity index (χ0n) is 7.05. The summed E-state index contributed by atoms with van der Waals surface area (Å²) < 4.78 is 1.58. The fraction of sp³-hybridized carbons (Fsp3) is 0.125. The minimum atomic E-state index is 0.491. The Hall–Kier alpha value is -1.36. The molecule has 0 amide bonds. The Kier molecular flexibility index (Phi) is 2.02. The van der Waals surface area contributed by atoms with E-state index in [9.17, 15) is 0 Å². The van der Waals surface area contributed by atoms with Gasteiger partial charge < -0.3 is 0 Å². The average Bonchev–Trinajstić information content (AvgIpc) is 2.51. The Balaban J connectivity index is 2.53. The van der Waals surface area contributed by atoms with Crippen LogP contribution in [0.4, 0.5) is 0 Å². The van der Waals surface area contributed by atoms with Crippen molar-refractivity contribution in [2.24, 2.45) is 0 Å². The predicted molar refractivity (Wildman–Crippen MR) is 51.1 cm³/mol. The molecule has 1 aromatic heterocycles. The molecule has 2 rings (SSSR count). The summed E-state index contributed by atoms with van der Waals surface area (Å²) in [5, 5.41) is 11.5. The van der Waals surface area contributed by atoms with E-state index in [2.05, 4.69) is 28.2 Å². The SMILES string of the molecule is Cc1cccc(-n2nnnc2S)c1. The Bertz CT molecular complexity index is 424. The molecule has 0 fully saturated rings. The molecule has 2 aromatic rings. The Morgan fingerprint density at radius 1 is 1.38 bits per heavy atom. The zero-order valence-corrected chi connectivity index (χ0v) is 7.94. The van der Waals surface area contributed by atoms with Crippen molar-refractivity contribution >= 4 is 12.6 Å². The van der Waals surface area contributed by atoms with Crippen LogP contribution in [-0.4, -0.2) is 20.2 Å². The van der Waals surface area contributed by atoms with E-state index in [-0.39, 0.29) is 0 Å². The number of thiol groups is 1. The standard InChI is InChI=1S/C8H8N4S/c1-6-3-2-4-7(5-6)12-8(13)9-10-11-12/h2-5H,1H3,(H,9,11,13). The van der Waals surface area contributed by atoms with Crippen LogP contribution in [0.3, 0.4) is 0 Å². The van der Waals surface area contributed by atoms with E-state index in [1.807, 2.05) is 31.2 Å². The third-order valence-electron chi connectivity index (χ3n) is 1.70. The van der Waals surface area contributed by atoms with Gasteiger partial charge in [0.05, 0.1) is 5.69 Å². The molecule has 0 aliphatic heterocycles. The number of rotatable bonds is 1. The van der Waals surface area contributed by atoms with Gasteiger partial charge in [-0.3, -0.25) is 0 Å². The average molecular weight is 192 g/mol. The normalized spacial score (nSPS) is 10.3. The van der Waals surface area contributed by atoms with Gasteiger partial charge in [-0.2, -0.15) is 4.68 Å². The number of aryl methyl sites for hydroxylation is 1. The fourth-order valence-corrected chi connectivity index (χ4v) is 1.30. The van der Waals surface area contributed by atoms with E-state index >= 15 is 0 Å². The predicted octanol–water partition coefficient (Wildman–Crippen LogP) is 1.26. The number of nitrogens with zero attached hydrogens (tertiary/aromatic N) is 4. The highest BCUT2D eigenvalue weighted by molar-refractivity contribution is 7.80. The van der Waals surface area contributed by atoms with Crippen LogP contribution in [-0.2, 0) is 0 Å². The van der Waals surface area contributed by atoms with Crippen LogP contribution in [0.5, 0.6) is 0 Å². The summed E-state index contributed by atoms with van der Waals surface area (Å²) in [5.74, 6) is 0. The molecule has 0 unspecified atom stereocenters. The molecule has 1 aromatic carbocycles. The summed E-state index contributed by atoms with van der Waals surface area (Å²) in [6, 6.07) is 7.91. The molecular formula is C8H8N4S. The van der Waals surface area contributed by atoms with Crippen molar-refractivity contribution in [2.45, 2.75) is 12.1 Å². The first-order valence-corrected chi connectivity index (χ1v) is 4.26. The first-order chi connectivity index (χ1) is 6.27. The van der Waals surface area contributed by atoms with Crippen LogP contribution in [0, 0.1) is 6.92 Å². The smallest absolute Gasteiger partial charge is 0.188 e. The van der Waals surface area contributed by atoms with E-state index in [1.165, 1.54) is 5.56 Å². The lowest BCUT2D eigenvalue weighted by atomic mass is 10.2. The topological polar surface area (TPSA) is 43.6 Å². The van der Waals surface area contributed by atoms with Gasteiger partial charge >= 0.3 is 0 Å². The molecule has 4 nitrogen and oxygen atoms in total. The minimum Gasteiger partial charge on any atom is -0.188 e. The second-order valence-corrected chi connectivity index (χ2v) is 3.13. The van der Waals surface area contributed by atoms with E-state index in [4.69, 9.17) is 0 Å². The molecule has 0 saturated carbocycles. The quantitative estimate of drug-likeness (QED) is 0.692. The molecule has 0 N–H and O–H groups in total. The van der Waals surface area contributed by atoms with Crippen LogP contribution in [0.2, 0.25) is 0 Å². The molecule has 0 spiro atoms. The van der Waals surface area contributed by atoms with Gasteiger partial charge in [0.2, 0.25) is 5.16 Å². The van der Waals surface area contributed by atoms with Crippen LogP contribution in [0.15, 0.2) is 29.4 Å². The molecule has 0 bridgehead atoms. The Labute approximate surface area is 81.0 Å². The molecule has 0 saturated heterocycles. The fourth-order valence-electron chi connectivity index (χ4n) is 1.11. The summed E-state index contributed by atoms with van der Waals surface area (Å²) >= 11 is 4.12. The maximum atomic E-state index is 4.12. The third-order valence-corrected chi connectivity index (χ3v) is 1.98. The van der Waals surface area contributed by atoms with Crippen LogP contribution in [0.25, 0.3) is 5.69 Å². The van der Waals surface area contributed by atoms with Crippen molar-refractivity contribution in [3.05, 3.63) is 29.8 Å². The molecule has 5 heteroatoms. The molecule has 0 atom stereocenters. The highest BCUT2D eigenvalue weighted by atomic mass is 32.1. The number of aromatic nitrogens is 4. The van der Waals surface area contributed by atoms with Gasteiger partial charge in [-0.1, -0.05) is 12.1 Å². The van der Waals surface area contributed by atoms with Crippen LogP contribution in [0.1, 0.15) is 5.56 Å². The Morgan fingerprint density at radius 2 is 2.23 bits per heavy atom. The third kappa shape index (κ3) is 1.55. The maximum Gasteiger partial charge on any atom is 0.211 e. The molecule has 0 aliphatic rings. The Morgan fingerprint density at radius 3 is 2.85 bits per heavy atom. The highest BCUT2D eigenvalue weighted by Crippen LogP contribution is 2.11. The number of hydrogen-bond acceptors (Lipinski definition) is 4. The highest BCUT2D eigenvalue weighted by Gasteiger charge is 2.02. The van der Waals surface area contributed by atoms with Crippen molar-refractivity contribution in [3.63, 3.8) is 0 Å². The van der Waals surface area contributed by atoms with Crippen LogP contribution >= 0.6 is 12.6 Å². The van der Waals surface area contributed by atoms with Crippen molar-refractivity contribution < 1.29 is 0 Å². The summed E-state index contributed by atoms with van der Waals surface area (Å²) in [7, 11) is 0. The lowest BCUT2D eigenvalue weighted by Gasteiger charge is -2.00. The summed E-state index contributed by atoms with van der Waals surface area (Å²) in [4.78, 5) is 0. The zero-order chi connectivity index (χ0) is 9.26. The largest absolute Gasteiger partial charge is 0.211 e. The van der Waals surface area contributed by atoms with Gasteiger partial charge in [0, 0.05) is 0 Å². The van der Waals surface area contributed by atoms with E-state index in [0.29, 0.717) is 5.16 Å². The molecule has 1 heterocycles. The summed E-state index contributed by atoms with van der Waals surface area (Å²) in [6.45, 7) is 2.02. The van der Waals surface area contributed by atoms with Gasteiger partial charge in [-0.05, 0) is 35.0 Å². The van der Waals surface area contributed by atoms with Crippen molar-refractivity contribution in [3.8, 4) is 5.69 Å². The van der Waals surface area contributed by atoms with E-state index in [0.717, 1.165) is 5.69 Å². The van der Waals surface area contributed by atoms with Gasteiger partial charge in [-0.15, -0.1) is 17.7 Å². The molecule has 0 radical (unpaired) electrons. The summed E-state index contributed by atoms with van der Waals surface area (Å²) in [5.41, 5.74) is 2.09. The lowest BCUT2D eigenvalue weighted by Crippen LogP contribution is -1.97. The number of hydrogen-bond donors (Lipinski definition) is 1. The molecule has 66 valence electrons. The van der Waals surface area contributed by atoms with Crippen molar-refractivity contribution in [1.82, 2.24) is 20.2 Å². The van der Waals surface area contributed by atoms with Gasteiger partial charge in [-0.25, -0.2) is 0 Å². The molecular weight excluding hydrogens is 184 g/mol. The van der Waals surface area contributed by atoms with Crippen LogP contribution < -0.4 is 0 Å².